The van der Waals surface area contributed by atoms with Gasteiger partial charge in [-0.05, 0) is 77.3 Å². The maximum absolute atomic E-state index is 14.0. The summed E-state index contributed by atoms with van der Waals surface area (Å²) in [6.07, 6.45) is 5.12. The summed E-state index contributed by atoms with van der Waals surface area (Å²) in [5.74, 6) is -3.81. The van der Waals surface area contributed by atoms with Crippen molar-refractivity contribution in [2.24, 2.45) is 17.8 Å². The molecule has 6 rings (SSSR count). The second kappa shape index (κ2) is 11.0. The maximum atomic E-state index is 14.0. The Morgan fingerprint density at radius 1 is 1.26 bits per heavy atom. The van der Waals surface area contributed by atoms with Crippen molar-refractivity contribution in [3.05, 3.63) is 40.0 Å². The first-order valence-electron chi connectivity index (χ1n) is 15.4. The Bertz CT molecular complexity index is 1500. The molecule has 0 unspecified atom stereocenters. The fourth-order valence-corrected chi connectivity index (χ4v) is 7.87. The third kappa shape index (κ3) is 5.02. The lowest BCUT2D eigenvalue weighted by molar-refractivity contribution is -0.272. The minimum atomic E-state index is -2.11. The molecule has 2 aromatic rings. The molecule has 1 aromatic heterocycles. The van der Waals surface area contributed by atoms with Crippen molar-refractivity contribution in [2.75, 3.05) is 20.1 Å². The molecule has 1 aliphatic carbocycles. The number of hydrogen-bond acceptors (Lipinski definition) is 6. The molecular weight excluding hydrogens is 614 g/mol. The van der Waals surface area contributed by atoms with Gasteiger partial charge in [0.15, 0.2) is 0 Å². The van der Waals surface area contributed by atoms with Gasteiger partial charge in [0, 0.05) is 42.4 Å². The van der Waals surface area contributed by atoms with Crippen molar-refractivity contribution in [3.63, 3.8) is 0 Å². The molecule has 2 fully saturated rings. The van der Waals surface area contributed by atoms with E-state index in [0.717, 1.165) is 39.5 Å². The van der Waals surface area contributed by atoms with Gasteiger partial charge in [0.2, 0.25) is 17.5 Å². The number of amides is 3. The summed E-state index contributed by atoms with van der Waals surface area (Å²) in [5.41, 5.74) is 2.68. The van der Waals surface area contributed by atoms with Gasteiger partial charge in [0.1, 0.15) is 6.04 Å². The zero-order valence-corrected chi connectivity index (χ0v) is 27.1. The molecule has 3 aliphatic heterocycles. The van der Waals surface area contributed by atoms with Gasteiger partial charge in [-0.3, -0.25) is 29.3 Å². The number of carbonyl (C=O) groups excluding carboxylic acids is 3. The second-order valence-electron chi connectivity index (χ2n) is 13.3. The van der Waals surface area contributed by atoms with Gasteiger partial charge in [-0.25, -0.2) is 0 Å². The van der Waals surface area contributed by atoms with E-state index < -0.39 is 35.4 Å². The Kier molecular flexibility index (Phi) is 7.76. The predicted molar refractivity (Wildman–Crippen MR) is 166 cm³/mol. The van der Waals surface area contributed by atoms with Gasteiger partial charge < -0.3 is 20.3 Å². The van der Waals surface area contributed by atoms with Gasteiger partial charge in [0.05, 0.1) is 10.5 Å². The van der Waals surface area contributed by atoms with Crippen LogP contribution >= 0.6 is 15.9 Å². The monoisotopic (exact) mass is 655 g/mol. The highest BCUT2D eigenvalue weighted by molar-refractivity contribution is 9.10. The number of nitrogens with zero attached hydrogens (tertiary/aromatic N) is 2. The normalized spacial score (nSPS) is 30.6. The number of likely N-dealkylation sites (tertiary alicyclic amines) is 1. The van der Waals surface area contributed by atoms with E-state index in [1.165, 1.54) is 5.56 Å². The quantitative estimate of drug-likeness (QED) is 0.362. The standard InChI is InChI=1S/C32H42BrN5O5/c1-17(2)11-12-26(39)38-13-7-10-25(38)32(42)36-30(41)31(43-32,18(3)4)35-29(40)19-14-21-20-8-6-9-23-27(20)22(28(33)34-23)15-24(21)37(5)16-19/h6,8-9,14,17-19,24-25,34,42H,7,10-13,15-16H2,1-5H3,(H,35,40)(H,36,41)/t19-,24-,25+,31-,32+/m1/s1. The van der Waals surface area contributed by atoms with E-state index in [1.54, 1.807) is 18.7 Å². The number of H-pyrrole nitrogens is 1. The highest BCUT2D eigenvalue weighted by atomic mass is 79.9. The molecule has 3 amide bonds. The Balaban J connectivity index is 1.26. The summed E-state index contributed by atoms with van der Waals surface area (Å²) in [4.78, 5) is 47.9. The number of aromatic amines is 1. The summed E-state index contributed by atoms with van der Waals surface area (Å²) >= 11 is 3.69. The molecule has 11 heteroatoms. The lowest BCUT2D eigenvalue weighted by Crippen LogP contribution is -2.61. The van der Waals surface area contributed by atoms with Crippen molar-refractivity contribution in [2.45, 2.75) is 83.5 Å². The molecule has 4 aliphatic rings. The molecule has 10 nitrogen and oxygen atoms in total. The van der Waals surface area contributed by atoms with E-state index in [0.29, 0.717) is 38.3 Å². The summed E-state index contributed by atoms with van der Waals surface area (Å²) < 4.78 is 7.20. The molecule has 232 valence electrons. The fourth-order valence-electron chi connectivity index (χ4n) is 7.29. The Morgan fingerprint density at radius 2 is 2.02 bits per heavy atom. The van der Waals surface area contributed by atoms with Crippen LogP contribution in [0.5, 0.6) is 0 Å². The summed E-state index contributed by atoms with van der Waals surface area (Å²) in [6, 6.07) is 5.54. The lowest BCUT2D eigenvalue weighted by atomic mass is 9.79. The first-order valence-corrected chi connectivity index (χ1v) is 16.2. The number of likely N-dealkylation sites (N-methyl/N-ethyl adjacent to an activating group) is 1. The van der Waals surface area contributed by atoms with Crippen LogP contribution < -0.4 is 10.6 Å². The summed E-state index contributed by atoms with van der Waals surface area (Å²) in [7, 11) is 2.02. The van der Waals surface area contributed by atoms with Crippen LogP contribution in [0.3, 0.4) is 0 Å². The van der Waals surface area contributed by atoms with Gasteiger partial charge in [-0.15, -0.1) is 0 Å². The van der Waals surface area contributed by atoms with Crippen LogP contribution in [0.15, 0.2) is 28.9 Å². The number of nitrogens with one attached hydrogen (secondary N) is 3. The van der Waals surface area contributed by atoms with Crippen molar-refractivity contribution in [1.29, 1.82) is 0 Å². The summed E-state index contributed by atoms with van der Waals surface area (Å²) in [6.45, 7) is 8.63. The number of carbonyl (C=O) groups is 3. The zero-order chi connectivity index (χ0) is 30.8. The van der Waals surface area contributed by atoms with E-state index in [4.69, 9.17) is 4.74 Å². The van der Waals surface area contributed by atoms with E-state index in [9.17, 15) is 19.5 Å². The van der Waals surface area contributed by atoms with E-state index in [-0.39, 0.29) is 17.9 Å². The van der Waals surface area contributed by atoms with Crippen molar-refractivity contribution < 1.29 is 24.2 Å². The summed E-state index contributed by atoms with van der Waals surface area (Å²) in [5, 5.41) is 18.4. The molecule has 43 heavy (non-hydrogen) atoms. The second-order valence-corrected chi connectivity index (χ2v) is 14.1. The van der Waals surface area contributed by atoms with Crippen LogP contribution in [0.4, 0.5) is 0 Å². The van der Waals surface area contributed by atoms with E-state index in [1.807, 2.05) is 19.2 Å². The van der Waals surface area contributed by atoms with Crippen LogP contribution in [0.25, 0.3) is 16.5 Å². The molecule has 0 saturated carbocycles. The topological polar surface area (TPSA) is 127 Å². The molecule has 2 saturated heterocycles. The number of benzene rings is 1. The zero-order valence-electron chi connectivity index (χ0n) is 25.5. The van der Waals surface area contributed by atoms with Gasteiger partial charge in [-0.1, -0.05) is 45.9 Å². The maximum Gasteiger partial charge on any atom is 0.277 e. The van der Waals surface area contributed by atoms with E-state index in [2.05, 4.69) is 62.4 Å². The molecular formula is C32H42BrN5O5. The van der Waals surface area contributed by atoms with Gasteiger partial charge >= 0.3 is 0 Å². The molecule has 1 aromatic carbocycles. The van der Waals surface area contributed by atoms with Crippen LogP contribution in [-0.4, -0.2) is 81.5 Å². The lowest BCUT2D eigenvalue weighted by Gasteiger charge is -2.41. The number of aromatic nitrogens is 1. The Hall–Kier alpha value is -2.73. The minimum absolute atomic E-state index is 0.0694. The molecule has 0 radical (unpaired) electrons. The number of rotatable bonds is 7. The number of aliphatic hydroxyl groups is 1. The average molecular weight is 657 g/mol. The molecule has 0 bridgehead atoms. The van der Waals surface area contributed by atoms with Crippen LogP contribution in [0, 0.1) is 17.8 Å². The molecule has 4 heterocycles. The van der Waals surface area contributed by atoms with Crippen LogP contribution in [0.1, 0.15) is 64.5 Å². The van der Waals surface area contributed by atoms with Gasteiger partial charge in [-0.2, -0.15) is 0 Å². The predicted octanol–water partition coefficient (Wildman–Crippen LogP) is 3.49. The first-order chi connectivity index (χ1) is 20.3. The molecule has 4 N–H and O–H groups in total. The number of fused-ring (bicyclic) bond motifs is 2. The smallest absolute Gasteiger partial charge is 0.277 e. The highest BCUT2D eigenvalue weighted by Crippen LogP contribution is 2.44. The first kappa shape index (κ1) is 30.3. The molecule has 0 spiro atoms. The Labute approximate surface area is 260 Å². The number of hydrogen-bond donors (Lipinski definition) is 4. The average Bonchev–Trinajstić information content (AvgIpc) is 3.64. The van der Waals surface area contributed by atoms with Gasteiger partial charge in [0.25, 0.3) is 11.8 Å². The minimum Gasteiger partial charge on any atom is -0.349 e. The van der Waals surface area contributed by atoms with E-state index >= 15 is 0 Å². The van der Waals surface area contributed by atoms with Crippen molar-refractivity contribution >= 4 is 50.1 Å². The third-order valence-electron chi connectivity index (χ3n) is 9.71. The largest absolute Gasteiger partial charge is 0.349 e. The number of ether oxygens (including phenoxy) is 1. The highest BCUT2D eigenvalue weighted by Gasteiger charge is 2.63. The van der Waals surface area contributed by atoms with Crippen molar-refractivity contribution in [1.82, 2.24) is 25.4 Å². The molecule has 5 atom stereocenters. The SMILES string of the molecule is CC(C)CCC(=O)N1CCC[C@H]1[C@@]1(O)NC(=O)[C@@](NC(=O)[C@@H]2C=C3c4cccc5[nH]c(Br)c(c45)C[C@H]3N(C)C2)(C(C)C)O1. The third-order valence-corrected chi connectivity index (χ3v) is 10.4. The van der Waals surface area contributed by atoms with Crippen LogP contribution in [0.2, 0.25) is 0 Å². The van der Waals surface area contributed by atoms with Crippen LogP contribution in [-0.2, 0) is 25.5 Å². The Morgan fingerprint density at radius 3 is 2.74 bits per heavy atom. The fraction of sp³-hybridized carbons (Fsp3) is 0.594. The van der Waals surface area contributed by atoms with Crippen molar-refractivity contribution in [3.8, 4) is 0 Å². The number of halogens is 1.